The molecule has 0 fully saturated rings. The Morgan fingerprint density at radius 2 is 1.77 bits per heavy atom. The molecule has 1 rings (SSSR count). The van der Waals surface area contributed by atoms with Gasteiger partial charge >= 0.3 is 0 Å². The third-order valence-electron chi connectivity index (χ3n) is 2.89. The maximum atomic E-state index is 9.99. The third kappa shape index (κ3) is 3.70. The predicted molar refractivity (Wildman–Crippen MR) is 81.2 cm³/mol. The maximum Gasteiger partial charge on any atom is 0.213 e. The Hall–Kier alpha value is -2.67. The van der Waals surface area contributed by atoms with E-state index in [-0.39, 0.29) is 28.3 Å². The van der Waals surface area contributed by atoms with Crippen molar-refractivity contribution in [1.29, 1.82) is 10.5 Å². The highest BCUT2D eigenvalue weighted by atomic mass is 16.3. The molecule has 1 aromatic rings. The number of hydrogen-bond acceptors (Lipinski definition) is 6. The number of nitrogens with one attached hydrogen (secondary N) is 1. The summed E-state index contributed by atoms with van der Waals surface area (Å²) in [5, 5.41) is 42.7. The molecule has 0 saturated heterocycles. The van der Waals surface area contributed by atoms with Crippen LogP contribution in [0, 0.1) is 28.1 Å². The minimum atomic E-state index is -0.621. The van der Waals surface area contributed by atoms with E-state index in [1.54, 1.807) is 26.8 Å². The lowest BCUT2D eigenvalue weighted by Crippen LogP contribution is -2.13. The van der Waals surface area contributed by atoms with Gasteiger partial charge in [0.2, 0.25) is 11.5 Å². The van der Waals surface area contributed by atoms with Crippen LogP contribution in [0.1, 0.15) is 52.8 Å². The van der Waals surface area contributed by atoms with Crippen LogP contribution in [0.4, 0.5) is 5.82 Å². The Labute approximate surface area is 130 Å². The van der Waals surface area contributed by atoms with Crippen LogP contribution >= 0.6 is 0 Å². The molecule has 0 aromatic carbocycles. The summed E-state index contributed by atoms with van der Waals surface area (Å²) in [5.74, 6) is -0.0641. The number of H-pyrrole nitrogens is 1. The SMILES string of the molecule is CC(C)(C)/C(O)=C(C#N)/N=N/c1n[nH]c(C(C)(C)C)c1C#N. The Balaban J connectivity index is 3.30. The Bertz CT molecular complexity index is 698. The van der Waals surface area contributed by atoms with E-state index in [1.807, 2.05) is 26.8 Å². The summed E-state index contributed by atoms with van der Waals surface area (Å²) in [6.07, 6.45) is 0. The fourth-order valence-electron chi connectivity index (χ4n) is 1.63. The van der Waals surface area contributed by atoms with Crippen molar-refractivity contribution in [2.45, 2.75) is 47.0 Å². The van der Waals surface area contributed by atoms with Crippen molar-refractivity contribution in [2.75, 3.05) is 0 Å². The molecule has 0 aliphatic heterocycles. The highest BCUT2D eigenvalue weighted by molar-refractivity contribution is 5.52. The molecule has 0 aliphatic carbocycles. The Kier molecular flexibility index (Phi) is 4.73. The van der Waals surface area contributed by atoms with E-state index in [0.717, 1.165) is 0 Å². The van der Waals surface area contributed by atoms with Crippen LogP contribution in [0.3, 0.4) is 0 Å². The molecule has 0 unspecified atom stereocenters. The lowest BCUT2D eigenvalue weighted by atomic mass is 9.90. The van der Waals surface area contributed by atoms with Gasteiger partial charge in [-0.1, -0.05) is 41.5 Å². The molecule has 0 atom stereocenters. The molecule has 1 aromatic heterocycles. The number of rotatable bonds is 2. The van der Waals surface area contributed by atoms with E-state index in [4.69, 9.17) is 5.26 Å². The van der Waals surface area contributed by atoms with Gasteiger partial charge in [-0.15, -0.1) is 10.2 Å². The van der Waals surface area contributed by atoms with Gasteiger partial charge in [0.25, 0.3) is 0 Å². The first-order chi connectivity index (χ1) is 10.0. The van der Waals surface area contributed by atoms with Crippen molar-refractivity contribution < 1.29 is 5.11 Å². The van der Waals surface area contributed by atoms with Gasteiger partial charge in [0.1, 0.15) is 23.5 Å². The van der Waals surface area contributed by atoms with Crippen molar-refractivity contribution in [3.63, 3.8) is 0 Å². The Morgan fingerprint density at radius 1 is 1.18 bits per heavy atom. The molecule has 7 nitrogen and oxygen atoms in total. The molecule has 22 heavy (non-hydrogen) atoms. The van der Waals surface area contributed by atoms with Crippen molar-refractivity contribution in [3.8, 4) is 12.1 Å². The van der Waals surface area contributed by atoms with E-state index in [2.05, 4.69) is 20.4 Å². The van der Waals surface area contributed by atoms with E-state index < -0.39 is 5.41 Å². The zero-order valence-electron chi connectivity index (χ0n) is 13.7. The molecule has 0 amide bonds. The zero-order chi connectivity index (χ0) is 17.1. The lowest BCUT2D eigenvalue weighted by Gasteiger charge is -2.16. The molecule has 0 saturated carbocycles. The smallest absolute Gasteiger partial charge is 0.213 e. The number of nitriles is 2. The van der Waals surface area contributed by atoms with Crippen LogP contribution in [0.2, 0.25) is 0 Å². The fourth-order valence-corrected chi connectivity index (χ4v) is 1.63. The van der Waals surface area contributed by atoms with E-state index >= 15 is 0 Å². The van der Waals surface area contributed by atoms with Crippen molar-refractivity contribution in [1.82, 2.24) is 10.2 Å². The predicted octanol–water partition coefficient (Wildman–Crippen LogP) is 4.00. The van der Waals surface area contributed by atoms with Crippen LogP contribution in [-0.2, 0) is 5.41 Å². The van der Waals surface area contributed by atoms with Crippen LogP contribution < -0.4 is 0 Å². The number of allylic oxidation sites excluding steroid dienone is 2. The summed E-state index contributed by atoms with van der Waals surface area (Å²) >= 11 is 0. The van der Waals surface area contributed by atoms with Crippen LogP contribution in [0.5, 0.6) is 0 Å². The third-order valence-corrected chi connectivity index (χ3v) is 2.89. The maximum absolute atomic E-state index is 9.99. The number of azo groups is 1. The van der Waals surface area contributed by atoms with E-state index in [0.29, 0.717) is 5.69 Å². The first kappa shape index (κ1) is 17.4. The molecule has 0 spiro atoms. The monoisotopic (exact) mass is 300 g/mol. The average Bonchev–Trinajstić information content (AvgIpc) is 2.81. The quantitative estimate of drug-likeness (QED) is 0.487. The summed E-state index contributed by atoms with van der Waals surface area (Å²) in [6.45, 7) is 11.1. The molecule has 0 aliphatic rings. The molecule has 0 radical (unpaired) electrons. The largest absolute Gasteiger partial charge is 0.509 e. The summed E-state index contributed by atoms with van der Waals surface area (Å²) in [7, 11) is 0. The van der Waals surface area contributed by atoms with Gasteiger partial charge in [-0.3, -0.25) is 5.10 Å². The normalized spacial score (nSPS) is 13.6. The van der Waals surface area contributed by atoms with Crippen LogP contribution in [0.25, 0.3) is 0 Å². The summed E-state index contributed by atoms with van der Waals surface area (Å²) in [5.41, 5.74) is -0.190. The van der Waals surface area contributed by atoms with E-state index in [1.165, 1.54) is 0 Å². The number of nitrogens with zero attached hydrogens (tertiary/aromatic N) is 5. The van der Waals surface area contributed by atoms with Crippen LogP contribution in [-0.4, -0.2) is 15.3 Å². The average molecular weight is 300 g/mol. The first-order valence-electron chi connectivity index (χ1n) is 6.77. The summed E-state index contributed by atoms with van der Waals surface area (Å²) in [6, 6.07) is 3.84. The number of aromatic nitrogens is 2. The number of aliphatic hydroxyl groups is 1. The van der Waals surface area contributed by atoms with Crippen molar-refractivity contribution >= 4 is 5.82 Å². The minimum absolute atomic E-state index is 0.0990. The zero-order valence-corrected chi connectivity index (χ0v) is 13.7. The van der Waals surface area contributed by atoms with Gasteiger partial charge in [-0.05, 0) is 0 Å². The van der Waals surface area contributed by atoms with Gasteiger partial charge in [-0.2, -0.15) is 15.6 Å². The van der Waals surface area contributed by atoms with Gasteiger partial charge < -0.3 is 5.11 Å². The van der Waals surface area contributed by atoms with Crippen molar-refractivity contribution in [3.05, 3.63) is 22.7 Å². The first-order valence-corrected chi connectivity index (χ1v) is 6.77. The standard InChI is InChI=1S/C15H20N6O/c1-14(2,3)11-9(7-16)13(21-19-11)20-18-10(8-17)12(22)15(4,5)6/h22H,1-6H3,(H,19,21)/b12-10-,20-18+. The van der Waals surface area contributed by atoms with Gasteiger partial charge in [0, 0.05) is 10.8 Å². The number of aromatic amines is 1. The van der Waals surface area contributed by atoms with Gasteiger partial charge in [-0.25, -0.2) is 0 Å². The molecular formula is C15H20N6O. The lowest BCUT2D eigenvalue weighted by molar-refractivity contribution is 0.272. The van der Waals surface area contributed by atoms with Gasteiger partial charge in [0.05, 0.1) is 5.69 Å². The van der Waals surface area contributed by atoms with E-state index in [9.17, 15) is 10.4 Å². The number of hydrogen-bond donors (Lipinski definition) is 2. The second kappa shape index (κ2) is 5.98. The molecule has 116 valence electrons. The fraction of sp³-hybridized carbons (Fsp3) is 0.533. The minimum Gasteiger partial charge on any atom is -0.509 e. The molecule has 0 bridgehead atoms. The van der Waals surface area contributed by atoms with Gasteiger partial charge in [0.15, 0.2) is 0 Å². The summed E-state index contributed by atoms with van der Waals surface area (Å²) in [4.78, 5) is 0. The molecular weight excluding hydrogens is 280 g/mol. The summed E-state index contributed by atoms with van der Waals surface area (Å²) < 4.78 is 0. The van der Waals surface area contributed by atoms with Crippen molar-refractivity contribution in [2.24, 2.45) is 15.6 Å². The number of aliphatic hydroxyl groups excluding tert-OH is 1. The Morgan fingerprint density at radius 3 is 2.18 bits per heavy atom. The highest BCUT2D eigenvalue weighted by Gasteiger charge is 2.24. The van der Waals surface area contributed by atoms with Crippen LogP contribution in [0.15, 0.2) is 21.7 Å². The molecule has 1 heterocycles. The highest BCUT2D eigenvalue weighted by Crippen LogP contribution is 2.30. The second-order valence-electron chi connectivity index (χ2n) is 6.92. The topological polar surface area (TPSA) is 121 Å². The molecule has 2 N–H and O–H groups in total. The molecule has 7 heteroatoms. The second-order valence-corrected chi connectivity index (χ2v) is 6.92.